The highest BCUT2D eigenvalue weighted by atomic mass is 16.5. The van der Waals surface area contributed by atoms with Gasteiger partial charge in [0.1, 0.15) is 0 Å². The lowest BCUT2D eigenvalue weighted by atomic mass is 10.1. The number of unbranched alkanes of at least 4 members (excludes halogenated alkanes) is 1. The number of nitrogens with zero attached hydrogens (tertiary/aromatic N) is 4. The lowest BCUT2D eigenvalue weighted by Gasteiger charge is -2.13. The Kier molecular flexibility index (Phi) is 5.68. The fourth-order valence-corrected chi connectivity index (χ4v) is 3.92. The Bertz CT molecular complexity index is 846. The summed E-state index contributed by atoms with van der Waals surface area (Å²) in [6.07, 6.45) is 12.3. The Morgan fingerprint density at radius 1 is 1.11 bits per heavy atom. The number of hydrogen-bond donors (Lipinski definition) is 0. The highest BCUT2D eigenvalue weighted by Gasteiger charge is 2.18. The van der Waals surface area contributed by atoms with Crippen molar-refractivity contribution in [2.75, 3.05) is 6.61 Å². The number of ether oxygens (including phenoxy) is 1. The van der Waals surface area contributed by atoms with Crippen LogP contribution < -0.4 is 0 Å². The van der Waals surface area contributed by atoms with Crippen molar-refractivity contribution in [2.45, 2.75) is 58.2 Å². The molecular weight excluding hydrogens is 336 g/mol. The lowest BCUT2D eigenvalue weighted by molar-refractivity contribution is 0.102. The van der Waals surface area contributed by atoms with Crippen LogP contribution in [0.25, 0.3) is 22.6 Å². The van der Waals surface area contributed by atoms with Crippen molar-refractivity contribution < 1.29 is 4.74 Å². The van der Waals surface area contributed by atoms with Gasteiger partial charge in [0.25, 0.3) is 0 Å². The summed E-state index contributed by atoms with van der Waals surface area (Å²) in [5.41, 5.74) is 4.48. The number of aromatic nitrogens is 4. The minimum Gasteiger partial charge on any atom is -0.378 e. The Morgan fingerprint density at radius 2 is 2.00 bits per heavy atom. The third-order valence-electron chi connectivity index (χ3n) is 5.38. The summed E-state index contributed by atoms with van der Waals surface area (Å²) in [6.45, 7) is 4.96. The molecule has 2 aromatic heterocycles. The summed E-state index contributed by atoms with van der Waals surface area (Å²) < 4.78 is 10.2. The maximum absolute atomic E-state index is 5.75. The second kappa shape index (κ2) is 8.53. The normalized spacial score (nSPS) is 16.9. The van der Waals surface area contributed by atoms with Gasteiger partial charge in [-0.05, 0) is 39.0 Å². The zero-order valence-electron chi connectivity index (χ0n) is 16.1. The molecule has 27 heavy (non-hydrogen) atoms. The second-order valence-corrected chi connectivity index (χ2v) is 7.20. The van der Waals surface area contributed by atoms with Crippen LogP contribution in [-0.2, 0) is 17.8 Å². The molecule has 142 valence electrons. The van der Waals surface area contributed by atoms with Crippen LogP contribution in [0.15, 0.2) is 49.2 Å². The predicted octanol–water partition coefficient (Wildman–Crippen LogP) is 4.78. The summed E-state index contributed by atoms with van der Waals surface area (Å²) in [5, 5.41) is 0. The number of imidazole rings is 2. The second-order valence-electron chi connectivity index (χ2n) is 7.20. The molecule has 3 aromatic rings. The quantitative estimate of drug-likeness (QED) is 0.540. The van der Waals surface area contributed by atoms with E-state index in [0.29, 0.717) is 6.10 Å². The Balaban J connectivity index is 1.56. The monoisotopic (exact) mass is 364 g/mol. The molecule has 0 spiro atoms. The topological polar surface area (TPSA) is 44.9 Å². The summed E-state index contributed by atoms with van der Waals surface area (Å²) in [7, 11) is 0. The van der Waals surface area contributed by atoms with Crippen molar-refractivity contribution in [1.29, 1.82) is 0 Å². The van der Waals surface area contributed by atoms with Crippen molar-refractivity contribution in [3.8, 4) is 22.6 Å². The van der Waals surface area contributed by atoms with Crippen LogP contribution in [0.5, 0.6) is 0 Å². The van der Waals surface area contributed by atoms with E-state index in [1.807, 2.05) is 24.9 Å². The Hall–Kier alpha value is -2.40. The van der Waals surface area contributed by atoms with E-state index in [2.05, 4.69) is 45.3 Å². The third-order valence-corrected chi connectivity index (χ3v) is 5.38. The molecule has 0 radical (unpaired) electrons. The van der Waals surface area contributed by atoms with Crippen LogP contribution >= 0.6 is 0 Å². The highest BCUT2D eigenvalue weighted by Crippen LogP contribution is 2.31. The number of hydrogen-bond acceptors (Lipinski definition) is 3. The molecule has 1 fully saturated rings. The molecule has 0 aliphatic carbocycles. The van der Waals surface area contributed by atoms with Crippen LogP contribution in [-0.4, -0.2) is 31.8 Å². The van der Waals surface area contributed by atoms with Gasteiger partial charge in [-0.2, -0.15) is 0 Å². The average molecular weight is 364 g/mol. The van der Waals surface area contributed by atoms with Crippen LogP contribution in [0.2, 0.25) is 0 Å². The van der Waals surface area contributed by atoms with Gasteiger partial charge in [-0.3, -0.25) is 0 Å². The van der Waals surface area contributed by atoms with Gasteiger partial charge in [0, 0.05) is 25.3 Å². The summed E-state index contributed by atoms with van der Waals surface area (Å²) in [6, 6.07) is 10.4. The fraction of sp³-hybridized carbons (Fsp3) is 0.455. The molecule has 1 aromatic carbocycles. The molecule has 3 heterocycles. The third kappa shape index (κ3) is 3.98. The van der Waals surface area contributed by atoms with Gasteiger partial charge in [-0.15, -0.1) is 0 Å². The van der Waals surface area contributed by atoms with E-state index in [0.717, 1.165) is 48.8 Å². The first-order valence-corrected chi connectivity index (χ1v) is 10.1. The van der Waals surface area contributed by atoms with Gasteiger partial charge < -0.3 is 13.9 Å². The molecule has 1 saturated heterocycles. The van der Waals surface area contributed by atoms with Crippen LogP contribution in [0, 0.1) is 0 Å². The first-order valence-electron chi connectivity index (χ1n) is 10.1. The molecule has 5 nitrogen and oxygen atoms in total. The van der Waals surface area contributed by atoms with Crippen molar-refractivity contribution in [3.63, 3.8) is 0 Å². The van der Waals surface area contributed by atoms with E-state index >= 15 is 0 Å². The Labute approximate surface area is 161 Å². The maximum atomic E-state index is 5.75. The van der Waals surface area contributed by atoms with Gasteiger partial charge in [0.2, 0.25) is 0 Å². The van der Waals surface area contributed by atoms with Crippen molar-refractivity contribution >= 4 is 0 Å². The molecular formula is C22H28N4O. The van der Waals surface area contributed by atoms with E-state index in [1.165, 1.54) is 25.7 Å². The van der Waals surface area contributed by atoms with Crippen molar-refractivity contribution in [3.05, 3.63) is 49.2 Å². The largest absolute Gasteiger partial charge is 0.378 e. The first-order chi connectivity index (χ1) is 13.4. The molecule has 0 saturated carbocycles. The summed E-state index contributed by atoms with van der Waals surface area (Å²) in [4.78, 5) is 9.15. The van der Waals surface area contributed by atoms with E-state index in [4.69, 9.17) is 9.72 Å². The van der Waals surface area contributed by atoms with Gasteiger partial charge >= 0.3 is 0 Å². The number of rotatable bonds is 8. The zero-order valence-corrected chi connectivity index (χ0v) is 16.1. The van der Waals surface area contributed by atoms with Crippen LogP contribution in [0.4, 0.5) is 0 Å². The van der Waals surface area contributed by atoms with E-state index in [1.54, 1.807) is 0 Å². The SMILES string of the molecule is CCn1cncc1-c1c(-c2ccccc2)ncn1CCCC[C@H]1CCCO1. The number of aryl methyl sites for hydroxylation is 2. The maximum Gasteiger partial charge on any atom is 0.0979 e. The van der Waals surface area contributed by atoms with E-state index in [-0.39, 0.29) is 0 Å². The minimum absolute atomic E-state index is 0.480. The molecule has 1 aliphatic rings. The van der Waals surface area contributed by atoms with Gasteiger partial charge in [-0.25, -0.2) is 9.97 Å². The fourth-order valence-electron chi connectivity index (χ4n) is 3.92. The van der Waals surface area contributed by atoms with Gasteiger partial charge in [0.05, 0.1) is 42.0 Å². The highest BCUT2D eigenvalue weighted by molar-refractivity contribution is 5.76. The first kappa shape index (κ1) is 18.0. The molecule has 5 heteroatoms. The molecule has 0 N–H and O–H groups in total. The number of benzene rings is 1. The van der Waals surface area contributed by atoms with Crippen LogP contribution in [0.1, 0.15) is 39.0 Å². The van der Waals surface area contributed by atoms with Gasteiger partial charge in [-0.1, -0.05) is 30.3 Å². The molecule has 0 bridgehead atoms. The molecule has 0 unspecified atom stereocenters. The Morgan fingerprint density at radius 3 is 2.78 bits per heavy atom. The molecule has 0 amide bonds. The predicted molar refractivity (Wildman–Crippen MR) is 107 cm³/mol. The molecule has 1 atom stereocenters. The standard InChI is InChI=1S/C22H28N4O/c1-2-25-16-23-15-20(25)22-21(18-9-4-3-5-10-18)24-17-26(22)13-7-6-11-19-12-8-14-27-19/h3-5,9-10,15-17,19H,2,6-8,11-14H2,1H3/t19-/m0/s1. The van der Waals surface area contributed by atoms with Crippen molar-refractivity contribution in [2.24, 2.45) is 0 Å². The molecule has 4 rings (SSSR count). The van der Waals surface area contributed by atoms with Crippen LogP contribution in [0.3, 0.4) is 0 Å². The summed E-state index contributed by atoms with van der Waals surface area (Å²) in [5.74, 6) is 0. The minimum atomic E-state index is 0.480. The van der Waals surface area contributed by atoms with E-state index < -0.39 is 0 Å². The zero-order chi connectivity index (χ0) is 18.5. The smallest absolute Gasteiger partial charge is 0.0979 e. The average Bonchev–Trinajstić information content (AvgIpc) is 3.45. The van der Waals surface area contributed by atoms with Gasteiger partial charge in [0.15, 0.2) is 0 Å². The lowest BCUT2D eigenvalue weighted by Crippen LogP contribution is -2.07. The summed E-state index contributed by atoms with van der Waals surface area (Å²) >= 11 is 0. The van der Waals surface area contributed by atoms with E-state index in [9.17, 15) is 0 Å². The molecule has 1 aliphatic heterocycles. The van der Waals surface area contributed by atoms with Crippen molar-refractivity contribution in [1.82, 2.24) is 19.1 Å².